The van der Waals surface area contributed by atoms with Gasteiger partial charge in [0.15, 0.2) is 0 Å². The fourth-order valence-corrected chi connectivity index (χ4v) is 13.3. The molecule has 2 aliphatic heterocycles. The van der Waals surface area contributed by atoms with Gasteiger partial charge in [-0.3, -0.25) is 0 Å². The van der Waals surface area contributed by atoms with E-state index >= 15 is 0 Å². The average Bonchev–Trinajstić information content (AvgIpc) is 1.33. The average molecular weight is 1050 g/mol. The van der Waals surface area contributed by atoms with Gasteiger partial charge in [0.05, 0.1) is 40.0 Å². The highest BCUT2D eigenvalue weighted by Gasteiger charge is 2.49. The van der Waals surface area contributed by atoms with Crippen LogP contribution in [0.15, 0.2) is 279 Å². The van der Waals surface area contributed by atoms with Crippen molar-refractivity contribution in [1.82, 2.24) is 4.57 Å². The number of hydrogen-bond donors (Lipinski definition) is 0. The summed E-state index contributed by atoms with van der Waals surface area (Å²) in [7, 11) is 0. The summed E-state index contributed by atoms with van der Waals surface area (Å²) in [4.78, 5) is 2.24. The molecule has 81 heavy (non-hydrogen) atoms. The molecule has 0 N–H and O–H groups in total. The van der Waals surface area contributed by atoms with E-state index in [0.29, 0.717) is 33.9 Å². The van der Waals surface area contributed by atoms with Gasteiger partial charge >= 0.3 is 0 Å². The van der Waals surface area contributed by atoms with Gasteiger partial charge in [-0.2, -0.15) is 0 Å². The van der Waals surface area contributed by atoms with Crippen LogP contribution in [0.1, 0.15) is 66.4 Å². The first-order valence-corrected chi connectivity index (χ1v) is 27.3. The number of fused-ring (bicyclic) bond motifs is 10. The van der Waals surface area contributed by atoms with E-state index in [9.17, 15) is 8.22 Å². The van der Waals surface area contributed by atoms with E-state index < -0.39 is 78.6 Å². The number of aromatic nitrogens is 1. The van der Waals surface area contributed by atoms with Crippen LogP contribution >= 0.6 is 0 Å². The van der Waals surface area contributed by atoms with E-state index in [1.807, 2.05) is 54.6 Å². The van der Waals surface area contributed by atoms with Crippen molar-refractivity contribution in [2.24, 2.45) is 0 Å². The Morgan fingerprint density at radius 1 is 0.432 bits per heavy atom. The molecule has 0 saturated carbocycles. The molecule has 382 valence electrons. The van der Waals surface area contributed by atoms with Crippen molar-refractivity contribution < 1.29 is 22.6 Å². The first kappa shape index (κ1) is 35.6. The Labute approximate surface area is 492 Å². The van der Waals surface area contributed by atoms with Crippen LogP contribution in [0.3, 0.4) is 0 Å². The first-order valence-electron chi connectivity index (χ1n) is 33.8. The summed E-state index contributed by atoms with van der Waals surface area (Å²) in [5.41, 5.74) is 15.2. The first-order chi connectivity index (χ1) is 45.2. The molecule has 13 aromatic rings. The number of ether oxygens (including phenoxy) is 1. The van der Waals surface area contributed by atoms with Gasteiger partial charge in [0, 0.05) is 39.5 Å². The quantitative estimate of drug-likeness (QED) is 0.148. The van der Waals surface area contributed by atoms with E-state index in [0.717, 1.165) is 83.5 Å². The van der Waals surface area contributed by atoms with Gasteiger partial charge in [0.2, 0.25) is 0 Å². The van der Waals surface area contributed by atoms with Crippen molar-refractivity contribution in [2.45, 2.75) is 31.6 Å². The van der Waals surface area contributed by atoms with Gasteiger partial charge < -0.3 is 14.2 Å². The maximum atomic E-state index is 9.42. The van der Waals surface area contributed by atoms with Crippen molar-refractivity contribution in [2.75, 3.05) is 4.90 Å². The number of hydrogen-bond acceptors (Lipinski definition) is 2. The largest absolute Gasteiger partial charge is 0.458 e. The van der Waals surface area contributed by atoms with Crippen molar-refractivity contribution in [3.05, 3.63) is 307 Å². The van der Waals surface area contributed by atoms with Crippen molar-refractivity contribution in [3.63, 3.8) is 0 Å². The van der Waals surface area contributed by atoms with Crippen LogP contribution in [-0.4, -0.2) is 11.3 Å². The fourth-order valence-electron chi connectivity index (χ4n) is 13.3. The van der Waals surface area contributed by atoms with Gasteiger partial charge in [0.1, 0.15) is 11.5 Å². The summed E-state index contributed by atoms with van der Waals surface area (Å²) in [6.45, 7) is 5.93. The predicted octanol–water partition coefficient (Wildman–Crippen LogP) is 17.9. The Morgan fingerprint density at radius 3 is 1.77 bits per heavy atom. The minimum absolute atomic E-state index is 0.0292. The van der Waals surface area contributed by atoms with E-state index in [-0.39, 0.29) is 44.9 Å². The number of anilines is 3. The second-order valence-corrected chi connectivity index (χ2v) is 22.2. The third kappa shape index (κ3) is 7.09. The van der Waals surface area contributed by atoms with Gasteiger partial charge in [-0.05, 0) is 137 Å². The Kier molecular flexibility index (Phi) is 7.94. The number of rotatable bonds is 7. The molecule has 0 radical (unpaired) electrons. The van der Waals surface area contributed by atoms with Gasteiger partial charge in [-0.1, -0.05) is 245 Å². The van der Waals surface area contributed by atoms with Crippen LogP contribution in [0.25, 0.3) is 72.0 Å². The molecule has 16 rings (SSSR count). The lowest BCUT2D eigenvalue weighted by molar-refractivity contribution is 0.487. The molecule has 3 aliphatic rings. The Balaban J connectivity index is 1.04. The standard InChI is InChI=1S/C77H55BN2O/c1-76(2,3)56-40-44-69(63(48-56)51-25-10-5-11-26-51)80-70-45-52(50-23-8-4-9-24-50)39-42-65(70)78-66-43-41-57(79-67-37-20-17-32-60(67)61-33-18-21-38-68(61)79)49-72(66)81-73-47-53(46-71(80)75(73)78)58-34-22-35-62-59-31-16-19-36-64(59)77(74(58)62,54-27-12-6-13-28-54)55-29-14-7-15-30-55/h4-49H,1-3H3/i4D,8D,9D,17D,18D,20D,21D,23D,24D,32D,33D,37D,38D. The summed E-state index contributed by atoms with van der Waals surface area (Å²) >= 11 is 0. The molecule has 0 amide bonds. The summed E-state index contributed by atoms with van der Waals surface area (Å²) in [6, 6.07) is 62.5. The number of para-hydroxylation sites is 2. The van der Waals surface area contributed by atoms with Crippen LogP contribution in [0.5, 0.6) is 11.5 Å². The highest BCUT2D eigenvalue weighted by Crippen LogP contribution is 2.59. The van der Waals surface area contributed by atoms with E-state index in [2.05, 4.69) is 159 Å². The Bertz CT molecular complexity index is 5310. The second kappa shape index (κ2) is 18.1. The molecule has 3 heterocycles. The van der Waals surface area contributed by atoms with E-state index in [4.69, 9.17) is 14.3 Å². The highest BCUT2D eigenvalue weighted by molar-refractivity contribution is 6.99. The van der Waals surface area contributed by atoms with E-state index in [1.165, 1.54) is 4.57 Å². The SMILES string of the molecule is [2H]c1c([2H])c([2H])c(-c2ccc3c(c2)N(c2ccc(C(C)(C)C)cc2-c2ccccc2)c2cc(-c4cccc5c4C(c4ccccc4)(c4ccccc4)c4ccccc4-5)cc4c2B3c2ccc(-n3c5c([2H])c([2H])c([2H])c([2H])c5c5c([2H])c([2H])c([2H])c([2H])c53)cc2O4)c([2H])c1[2H]. The number of benzene rings is 12. The summed E-state index contributed by atoms with van der Waals surface area (Å²) in [5, 5.41) is -0.0972. The third-order valence-electron chi connectivity index (χ3n) is 16.8. The van der Waals surface area contributed by atoms with E-state index in [1.54, 1.807) is 12.1 Å². The molecule has 0 spiro atoms. The lowest BCUT2D eigenvalue weighted by atomic mass is 9.34. The molecule has 3 nitrogen and oxygen atoms in total. The summed E-state index contributed by atoms with van der Waals surface area (Å²) < 4.78 is 127. The van der Waals surface area contributed by atoms with Crippen LogP contribution in [0, 0.1) is 0 Å². The molecule has 4 heteroatoms. The zero-order valence-electron chi connectivity index (χ0n) is 57.4. The minimum atomic E-state index is -0.843. The molecule has 0 saturated heterocycles. The number of nitrogens with zero attached hydrogens (tertiary/aromatic N) is 2. The Morgan fingerprint density at radius 2 is 1.05 bits per heavy atom. The zero-order chi connectivity index (χ0) is 65.3. The minimum Gasteiger partial charge on any atom is -0.458 e. The molecule has 0 bridgehead atoms. The van der Waals surface area contributed by atoms with Crippen LogP contribution < -0.4 is 26.0 Å². The van der Waals surface area contributed by atoms with Gasteiger partial charge in [0.25, 0.3) is 6.71 Å². The maximum Gasteiger partial charge on any atom is 0.256 e. The molecule has 12 aromatic carbocycles. The molecule has 0 fully saturated rings. The Hall–Kier alpha value is -9.90. The van der Waals surface area contributed by atoms with Crippen LogP contribution in [0.4, 0.5) is 17.1 Å². The molecule has 1 aliphatic carbocycles. The van der Waals surface area contributed by atoms with Gasteiger partial charge in [-0.15, -0.1) is 0 Å². The molecule has 0 atom stereocenters. The topological polar surface area (TPSA) is 17.4 Å². The summed E-state index contributed by atoms with van der Waals surface area (Å²) in [6.07, 6.45) is 0. The van der Waals surface area contributed by atoms with Crippen molar-refractivity contribution >= 4 is 62.0 Å². The molecule has 0 unspecified atom stereocenters. The maximum absolute atomic E-state index is 9.42. The summed E-state index contributed by atoms with van der Waals surface area (Å²) in [5.74, 6) is 0.848. The highest BCUT2D eigenvalue weighted by atomic mass is 16.5. The zero-order valence-corrected chi connectivity index (χ0v) is 44.4. The molecular weight excluding hydrogens is 980 g/mol. The van der Waals surface area contributed by atoms with Crippen molar-refractivity contribution in [3.8, 4) is 61.7 Å². The van der Waals surface area contributed by atoms with Crippen molar-refractivity contribution in [1.29, 1.82) is 0 Å². The van der Waals surface area contributed by atoms with Crippen LogP contribution in [-0.2, 0) is 10.8 Å². The predicted molar refractivity (Wildman–Crippen MR) is 339 cm³/mol. The van der Waals surface area contributed by atoms with Gasteiger partial charge in [-0.25, -0.2) is 0 Å². The normalized spacial score (nSPS) is 15.8. The second-order valence-electron chi connectivity index (χ2n) is 22.2. The lowest BCUT2D eigenvalue weighted by Crippen LogP contribution is -2.59. The van der Waals surface area contributed by atoms with Crippen LogP contribution in [0.2, 0.25) is 0 Å². The monoisotopic (exact) mass is 1050 g/mol. The smallest absolute Gasteiger partial charge is 0.256 e. The fraction of sp³-hybridized carbons (Fsp3) is 0.0649. The lowest BCUT2D eigenvalue weighted by Gasteiger charge is -2.42. The molecule has 1 aromatic heterocycles. The third-order valence-corrected chi connectivity index (χ3v) is 16.8. The molecular formula is C77H55BN2O.